The lowest BCUT2D eigenvalue weighted by Gasteiger charge is -2.21. The smallest absolute Gasteiger partial charge is 0.297 e. The Balaban J connectivity index is 1.51. The summed E-state index contributed by atoms with van der Waals surface area (Å²) in [5.41, 5.74) is -1.77. The predicted molar refractivity (Wildman–Crippen MR) is 184 cm³/mol. The number of rotatable bonds is 10. The van der Waals surface area contributed by atoms with E-state index in [-0.39, 0.29) is 29.0 Å². The zero-order valence-corrected chi connectivity index (χ0v) is 29.7. The Morgan fingerprint density at radius 2 is 1.55 bits per heavy atom. The summed E-state index contributed by atoms with van der Waals surface area (Å²) < 4.78 is 129. The maximum atomic E-state index is 13.6. The number of phenols is 1. The van der Waals surface area contributed by atoms with Crippen molar-refractivity contribution in [1.29, 1.82) is 0 Å². The van der Waals surface area contributed by atoms with Gasteiger partial charge in [0.1, 0.15) is 21.2 Å². The van der Waals surface area contributed by atoms with Crippen LogP contribution in [0.2, 0.25) is 0 Å². The van der Waals surface area contributed by atoms with Gasteiger partial charge in [0.05, 0.1) is 21.6 Å². The molecular formula is C30H26ClN3O13S4. The van der Waals surface area contributed by atoms with Crippen molar-refractivity contribution >= 4 is 96.3 Å². The van der Waals surface area contributed by atoms with Crippen molar-refractivity contribution in [2.45, 2.75) is 32.8 Å². The van der Waals surface area contributed by atoms with E-state index in [0.717, 1.165) is 18.2 Å². The van der Waals surface area contributed by atoms with Gasteiger partial charge in [-0.2, -0.15) is 25.3 Å². The van der Waals surface area contributed by atoms with Crippen molar-refractivity contribution in [2.24, 2.45) is 22.1 Å². The number of benzene rings is 4. The van der Waals surface area contributed by atoms with Crippen LogP contribution >= 0.6 is 11.6 Å². The van der Waals surface area contributed by atoms with Gasteiger partial charge in [-0.15, -0.1) is 21.8 Å². The molecule has 0 aromatic heterocycles. The molecule has 0 heterocycles. The predicted octanol–water partition coefficient (Wildman–Crippen LogP) is 4.78. The molecule has 0 saturated heterocycles. The highest BCUT2D eigenvalue weighted by Gasteiger charge is 2.47. The summed E-state index contributed by atoms with van der Waals surface area (Å²) in [6.45, 7) is 0. The van der Waals surface area contributed by atoms with Crippen LogP contribution in [-0.4, -0.2) is 75.2 Å². The second-order valence-electron chi connectivity index (χ2n) is 11.9. The number of amides is 1. The standard InChI is InChI=1S/C30H26ClN3O13S4/c31-7-8-48(37,38)24-12-16-9-17(24)11-21(16)30(36)32-23-14-19(49(39,40)41)10-18-13-25(50(42,43)44)27(28(35)26(18)23)34-33-22-6-5-15-3-1-2-4-20(15)29(22)51(45,46)47/h1-6,10-11,13-14,16-17,24,35H,7-9,12H2,(H,32,36)(H,39,40,41)(H,42,43,44)(H,45,46,47). The lowest BCUT2D eigenvalue weighted by Crippen LogP contribution is -2.30. The number of halogens is 1. The van der Waals surface area contributed by atoms with Gasteiger partial charge in [0, 0.05) is 22.2 Å². The molecule has 0 spiro atoms. The number of azo groups is 1. The molecule has 0 radical (unpaired) electrons. The molecule has 1 fully saturated rings. The van der Waals surface area contributed by atoms with E-state index in [1.54, 1.807) is 12.1 Å². The molecule has 21 heteroatoms. The van der Waals surface area contributed by atoms with Gasteiger partial charge in [0.2, 0.25) is 0 Å². The number of nitrogens with one attached hydrogen (secondary N) is 1. The number of alkyl halides is 1. The van der Waals surface area contributed by atoms with Crippen LogP contribution in [0.15, 0.2) is 91.2 Å². The number of aromatic hydroxyl groups is 1. The van der Waals surface area contributed by atoms with E-state index in [1.807, 2.05) is 0 Å². The highest BCUT2D eigenvalue weighted by molar-refractivity contribution is 7.92. The normalized spacial score (nSPS) is 19.6. The van der Waals surface area contributed by atoms with Gasteiger partial charge >= 0.3 is 0 Å². The zero-order valence-electron chi connectivity index (χ0n) is 25.7. The first-order valence-corrected chi connectivity index (χ1v) is 21.3. The Hall–Kier alpha value is -4.02. The molecule has 5 N–H and O–H groups in total. The third-order valence-corrected chi connectivity index (χ3v) is 14.1. The van der Waals surface area contributed by atoms with Crippen molar-refractivity contribution < 1.29 is 57.2 Å². The number of nitrogens with zero attached hydrogens (tertiary/aromatic N) is 2. The largest absolute Gasteiger partial charge is 0.505 e. The number of allylic oxidation sites excluding steroid dienone is 1. The van der Waals surface area contributed by atoms with Crippen LogP contribution in [0.1, 0.15) is 12.8 Å². The van der Waals surface area contributed by atoms with Gasteiger partial charge < -0.3 is 10.4 Å². The minimum Gasteiger partial charge on any atom is -0.505 e. The molecule has 0 aliphatic heterocycles. The first-order chi connectivity index (χ1) is 23.7. The Bertz CT molecular complexity index is 2680. The Morgan fingerprint density at radius 3 is 2.16 bits per heavy atom. The molecule has 1 saturated carbocycles. The molecule has 2 aliphatic carbocycles. The molecule has 270 valence electrons. The highest BCUT2D eigenvalue weighted by atomic mass is 35.5. The summed E-state index contributed by atoms with van der Waals surface area (Å²) in [4.78, 5) is 10.9. The van der Waals surface area contributed by atoms with Crippen molar-refractivity contribution in [3.05, 3.63) is 66.2 Å². The van der Waals surface area contributed by atoms with Crippen molar-refractivity contribution in [3.63, 3.8) is 0 Å². The molecule has 3 unspecified atom stereocenters. The van der Waals surface area contributed by atoms with Gasteiger partial charge in [-0.25, -0.2) is 8.42 Å². The zero-order chi connectivity index (χ0) is 37.3. The number of hydrogen-bond acceptors (Lipinski definition) is 12. The van der Waals surface area contributed by atoms with Crippen molar-refractivity contribution in [1.82, 2.24) is 0 Å². The molecule has 16 nitrogen and oxygen atoms in total. The molecule has 4 aromatic rings. The summed E-state index contributed by atoms with van der Waals surface area (Å²) in [5.74, 6) is -3.23. The van der Waals surface area contributed by atoms with E-state index in [4.69, 9.17) is 11.6 Å². The second-order valence-corrected chi connectivity index (χ2v) is 18.8. The number of carbonyl (C=O) groups excluding carboxylic acids is 1. The molecule has 6 rings (SSSR count). The monoisotopic (exact) mass is 799 g/mol. The highest BCUT2D eigenvalue weighted by Crippen LogP contribution is 2.49. The van der Waals surface area contributed by atoms with Gasteiger partial charge in [0.15, 0.2) is 15.6 Å². The molecule has 4 aromatic carbocycles. The molecule has 2 bridgehead atoms. The van der Waals surface area contributed by atoms with Crippen LogP contribution in [0, 0.1) is 11.8 Å². The average Bonchev–Trinajstić information content (AvgIpc) is 3.65. The quantitative estimate of drug-likeness (QED) is 0.0822. The number of carbonyl (C=O) groups is 1. The van der Waals surface area contributed by atoms with Crippen molar-refractivity contribution in [2.75, 3.05) is 16.9 Å². The molecule has 2 aliphatic rings. The summed E-state index contributed by atoms with van der Waals surface area (Å²) in [7, 11) is -18.8. The topological polar surface area (TPSA) is 271 Å². The van der Waals surface area contributed by atoms with E-state index in [9.17, 15) is 57.2 Å². The Kier molecular flexibility index (Phi) is 9.29. The van der Waals surface area contributed by atoms with Gasteiger partial charge in [0.25, 0.3) is 36.3 Å². The fourth-order valence-electron chi connectivity index (χ4n) is 6.64. The summed E-state index contributed by atoms with van der Waals surface area (Å²) in [5, 5.41) is 20.2. The van der Waals surface area contributed by atoms with E-state index in [1.165, 1.54) is 24.3 Å². The number of hydrogen-bond donors (Lipinski definition) is 5. The number of phenolic OH excluding ortho intramolecular Hbond substituents is 1. The van der Waals surface area contributed by atoms with Crippen molar-refractivity contribution in [3.8, 4) is 5.75 Å². The van der Waals surface area contributed by atoms with Crippen LogP contribution in [-0.2, 0) is 45.0 Å². The lowest BCUT2D eigenvalue weighted by atomic mass is 9.97. The average molecular weight is 800 g/mol. The SMILES string of the molecule is O=C(Nc1cc(S(=O)(=O)O)cc2cc(S(=O)(=O)O)c(N=Nc3ccc4ccccc4c3S(=O)(=O)O)c(O)c12)C1=CC2CC1CC2S(=O)(=O)CCCl. The summed E-state index contributed by atoms with van der Waals surface area (Å²) in [6, 6.07) is 10.7. The molecular weight excluding hydrogens is 774 g/mol. The first-order valence-electron chi connectivity index (χ1n) is 14.7. The second kappa shape index (κ2) is 12.9. The van der Waals surface area contributed by atoms with E-state index in [0.29, 0.717) is 17.9 Å². The fraction of sp³-hybridized carbons (Fsp3) is 0.233. The minimum absolute atomic E-state index is 0.0230. The molecule has 3 atom stereocenters. The first kappa shape index (κ1) is 36.8. The molecule has 1 amide bonds. The van der Waals surface area contributed by atoms with Crippen LogP contribution in [0.25, 0.3) is 21.5 Å². The van der Waals surface area contributed by atoms with E-state index >= 15 is 0 Å². The van der Waals surface area contributed by atoms with Crippen LogP contribution < -0.4 is 5.32 Å². The summed E-state index contributed by atoms with van der Waals surface area (Å²) >= 11 is 5.65. The Labute approximate surface area is 296 Å². The van der Waals surface area contributed by atoms with Crippen LogP contribution in [0.5, 0.6) is 5.75 Å². The number of fused-ring (bicyclic) bond motifs is 4. The maximum Gasteiger partial charge on any atom is 0.297 e. The van der Waals surface area contributed by atoms with E-state index in [2.05, 4.69) is 15.5 Å². The van der Waals surface area contributed by atoms with Gasteiger partial charge in [-0.3, -0.25) is 18.5 Å². The van der Waals surface area contributed by atoms with Crippen LogP contribution in [0.3, 0.4) is 0 Å². The number of anilines is 1. The van der Waals surface area contributed by atoms with E-state index < -0.39 is 111 Å². The van der Waals surface area contributed by atoms with Crippen LogP contribution in [0.4, 0.5) is 17.1 Å². The fourth-order valence-corrected chi connectivity index (χ4v) is 11.1. The van der Waals surface area contributed by atoms with Gasteiger partial charge in [-0.1, -0.05) is 36.4 Å². The number of sulfone groups is 1. The third-order valence-electron chi connectivity index (χ3n) is 8.79. The minimum atomic E-state index is -5.30. The lowest BCUT2D eigenvalue weighted by molar-refractivity contribution is -0.113. The molecule has 51 heavy (non-hydrogen) atoms. The third kappa shape index (κ3) is 6.97. The Morgan fingerprint density at radius 1 is 0.843 bits per heavy atom. The maximum absolute atomic E-state index is 13.6. The summed E-state index contributed by atoms with van der Waals surface area (Å²) in [6.07, 6.45) is 1.96. The van der Waals surface area contributed by atoms with Gasteiger partial charge in [-0.05, 0) is 59.7 Å².